The van der Waals surface area contributed by atoms with Crippen LogP contribution in [0.4, 0.5) is 10.1 Å². The first kappa shape index (κ1) is 20.1. The van der Waals surface area contributed by atoms with Crippen LogP contribution in [0.25, 0.3) is 0 Å². The number of nitrogens with zero attached hydrogens (tertiary/aromatic N) is 2. The molecule has 7 heteroatoms. The van der Waals surface area contributed by atoms with Gasteiger partial charge in [0.25, 0.3) is 5.91 Å². The fraction of sp³-hybridized carbons (Fsp3) is 0.182. The summed E-state index contributed by atoms with van der Waals surface area (Å²) >= 11 is 0. The van der Waals surface area contributed by atoms with Crippen LogP contribution in [0.2, 0.25) is 0 Å². The van der Waals surface area contributed by atoms with Crippen LogP contribution in [0, 0.1) is 12.7 Å². The standard InChI is InChI=1S/C22H21FN4O2/c1-14-12-25-20(13-24-14)22(29)26-15(2)16-7-5-8-18(10-16)27-21(28)11-17-6-3-4-9-19(17)23/h3-10,12-13,15H,11H2,1-2H3,(H,26,29)(H,27,28). The molecule has 0 aliphatic carbocycles. The summed E-state index contributed by atoms with van der Waals surface area (Å²) < 4.78 is 13.7. The van der Waals surface area contributed by atoms with Crippen LogP contribution in [0.1, 0.15) is 40.3 Å². The highest BCUT2D eigenvalue weighted by atomic mass is 19.1. The van der Waals surface area contributed by atoms with Crippen molar-refractivity contribution in [2.45, 2.75) is 26.3 Å². The maximum Gasteiger partial charge on any atom is 0.271 e. The molecule has 0 aliphatic heterocycles. The number of hydrogen-bond donors (Lipinski definition) is 2. The number of benzene rings is 2. The number of nitrogens with one attached hydrogen (secondary N) is 2. The number of aromatic nitrogens is 2. The third-order valence-electron chi connectivity index (χ3n) is 4.34. The largest absolute Gasteiger partial charge is 0.344 e. The number of hydrogen-bond acceptors (Lipinski definition) is 4. The van der Waals surface area contributed by atoms with Gasteiger partial charge in [0.1, 0.15) is 11.5 Å². The van der Waals surface area contributed by atoms with E-state index in [4.69, 9.17) is 0 Å². The van der Waals surface area contributed by atoms with Gasteiger partial charge in [0.15, 0.2) is 0 Å². The molecule has 2 amide bonds. The van der Waals surface area contributed by atoms with Gasteiger partial charge in [-0.1, -0.05) is 30.3 Å². The Morgan fingerprint density at radius 3 is 2.59 bits per heavy atom. The molecule has 1 atom stereocenters. The van der Waals surface area contributed by atoms with Gasteiger partial charge in [0.05, 0.1) is 24.4 Å². The minimum absolute atomic E-state index is 0.0602. The smallest absolute Gasteiger partial charge is 0.271 e. The Hall–Kier alpha value is -3.61. The molecular formula is C22H21FN4O2. The Bertz CT molecular complexity index is 1020. The third-order valence-corrected chi connectivity index (χ3v) is 4.34. The molecule has 0 radical (unpaired) electrons. The Kier molecular flexibility index (Phi) is 6.29. The van der Waals surface area contributed by atoms with Gasteiger partial charge < -0.3 is 10.6 Å². The van der Waals surface area contributed by atoms with Crippen molar-refractivity contribution in [1.29, 1.82) is 0 Å². The minimum Gasteiger partial charge on any atom is -0.344 e. The fourth-order valence-corrected chi connectivity index (χ4v) is 2.77. The molecule has 1 unspecified atom stereocenters. The second kappa shape index (κ2) is 9.05. The number of rotatable bonds is 6. The van der Waals surface area contributed by atoms with Gasteiger partial charge in [-0.3, -0.25) is 14.6 Å². The van der Waals surface area contributed by atoms with Crippen molar-refractivity contribution in [3.05, 3.63) is 89.3 Å². The molecule has 0 saturated heterocycles. The maximum absolute atomic E-state index is 13.7. The summed E-state index contributed by atoms with van der Waals surface area (Å²) in [5, 5.41) is 5.62. The quantitative estimate of drug-likeness (QED) is 0.671. The molecule has 2 N–H and O–H groups in total. The molecule has 6 nitrogen and oxygen atoms in total. The van der Waals surface area contributed by atoms with Crippen molar-refractivity contribution < 1.29 is 14.0 Å². The lowest BCUT2D eigenvalue weighted by Gasteiger charge is -2.15. The number of halogens is 1. The molecule has 0 bridgehead atoms. The summed E-state index contributed by atoms with van der Waals surface area (Å²) in [7, 11) is 0. The lowest BCUT2D eigenvalue weighted by Crippen LogP contribution is -2.27. The normalized spacial score (nSPS) is 11.6. The summed E-state index contributed by atoms with van der Waals surface area (Å²) in [6.45, 7) is 3.63. The molecule has 3 aromatic rings. The Balaban J connectivity index is 1.63. The van der Waals surface area contributed by atoms with Crippen LogP contribution < -0.4 is 10.6 Å². The average molecular weight is 392 g/mol. The second-order valence-electron chi connectivity index (χ2n) is 6.68. The molecule has 2 aromatic carbocycles. The summed E-state index contributed by atoms with van der Waals surface area (Å²) in [6, 6.07) is 13.0. The molecular weight excluding hydrogens is 371 g/mol. The van der Waals surface area contributed by atoms with E-state index in [2.05, 4.69) is 20.6 Å². The maximum atomic E-state index is 13.7. The van der Waals surface area contributed by atoms with E-state index >= 15 is 0 Å². The lowest BCUT2D eigenvalue weighted by molar-refractivity contribution is -0.115. The zero-order valence-electron chi connectivity index (χ0n) is 16.1. The van der Waals surface area contributed by atoms with Gasteiger partial charge in [-0.2, -0.15) is 0 Å². The SMILES string of the molecule is Cc1cnc(C(=O)NC(C)c2cccc(NC(=O)Cc3ccccc3F)c2)cn1. The molecule has 0 fully saturated rings. The van der Waals surface area contributed by atoms with Crippen molar-refractivity contribution in [1.82, 2.24) is 15.3 Å². The number of carbonyl (C=O) groups excluding carboxylic acids is 2. The van der Waals surface area contributed by atoms with E-state index in [9.17, 15) is 14.0 Å². The zero-order valence-corrected chi connectivity index (χ0v) is 16.1. The predicted molar refractivity (Wildman–Crippen MR) is 108 cm³/mol. The third kappa shape index (κ3) is 5.44. The summed E-state index contributed by atoms with van der Waals surface area (Å²) in [4.78, 5) is 32.7. The van der Waals surface area contributed by atoms with Gasteiger partial charge >= 0.3 is 0 Å². The number of anilines is 1. The topological polar surface area (TPSA) is 84.0 Å². The van der Waals surface area contributed by atoms with E-state index in [0.29, 0.717) is 11.3 Å². The lowest BCUT2D eigenvalue weighted by atomic mass is 10.1. The van der Waals surface area contributed by atoms with Gasteiger partial charge in [-0.05, 0) is 43.2 Å². The van der Waals surface area contributed by atoms with Crippen molar-refractivity contribution in [2.24, 2.45) is 0 Å². The van der Waals surface area contributed by atoms with E-state index < -0.39 is 5.82 Å². The van der Waals surface area contributed by atoms with Crippen molar-refractivity contribution >= 4 is 17.5 Å². The van der Waals surface area contributed by atoms with Crippen LogP contribution in [0.3, 0.4) is 0 Å². The summed E-state index contributed by atoms with van der Waals surface area (Å²) in [5.74, 6) is -1.06. The monoisotopic (exact) mass is 392 g/mol. The summed E-state index contributed by atoms with van der Waals surface area (Å²) in [5.41, 5.74) is 2.67. The predicted octanol–water partition coefficient (Wildman–Crippen LogP) is 3.60. The fourth-order valence-electron chi connectivity index (χ4n) is 2.77. The highest BCUT2D eigenvalue weighted by Gasteiger charge is 2.14. The Morgan fingerprint density at radius 1 is 1.07 bits per heavy atom. The number of carbonyl (C=O) groups is 2. The van der Waals surface area contributed by atoms with E-state index in [1.165, 1.54) is 18.5 Å². The molecule has 0 spiro atoms. The van der Waals surface area contributed by atoms with Crippen LogP contribution in [0.15, 0.2) is 60.9 Å². The molecule has 29 heavy (non-hydrogen) atoms. The minimum atomic E-state index is -0.410. The average Bonchev–Trinajstić information content (AvgIpc) is 2.70. The van der Waals surface area contributed by atoms with Crippen LogP contribution in [0.5, 0.6) is 0 Å². The number of aryl methyl sites for hydroxylation is 1. The van der Waals surface area contributed by atoms with Crippen molar-refractivity contribution in [3.8, 4) is 0 Å². The van der Waals surface area contributed by atoms with Crippen molar-refractivity contribution in [3.63, 3.8) is 0 Å². The van der Waals surface area contributed by atoms with Gasteiger partial charge in [-0.15, -0.1) is 0 Å². The van der Waals surface area contributed by atoms with Crippen LogP contribution >= 0.6 is 0 Å². The van der Waals surface area contributed by atoms with Crippen LogP contribution in [-0.2, 0) is 11.2 Å². The van der Waals surface area contributed by atoms with Gasteiger partial charge in [0, 0.05) is 11.9 Å². The molecule has 1 heterocycles. The van der Waals surface area contributed by atoms with E-state index in [0.717, 1.165) is 11.3 Å². The molecule has 3 rings (SSSR count). The van der Waals surface area contributed by atoms with Crippen LogP contribution in [-0.4, -0.2) is 21.8 Å². The van der Waals surface area contributed by atoms with Gasteiger partial charge in [-0.25, -0.2) is 9.37 Å². The first-order valence-electron chi connectivity index (χ1n) is 9.15. The molecule has 0 saturated carbocycles. The first-order chi connectivity index (χ1) is 13.9. The zero-order chi connectivity index (χ0) is 20.8. The number of amides is 2. The molecule has 0 aliphatic rings. The van der Waals surface area contributed by atoms with Crippen molar-refractivity contribution in [2.75, 3.05) is 5.32 Å². The highest BCUT2D eigenvalue weighted by molar-refractivity contribution is 5.93. The first-order valence-corrected chi connectivity index (χ1v) is 9.15. The van der Waals surface area contributed by atoms with Gasteiger partial charge in [0.2, 0.25) is 5.91 Å². The molecule has 148 valence electrons. The molecule has 1 aromatic heterocycles. The van der Waals surface area contributed by atoms with E-state index in [1.54, 1.807) is 43.3 Å². The van der Waals surface area contributed by atoms with E-state index in [1.807, 2.05) is 13.0 Å². The Morgan fingerprint density at radius 2 is 1.86 bits per heavy atom. The van der Waals surface area contributed by atoms with E-state index in [-0.39, 0.29) is 30.0 Å². The summed E-state index contributed by atoms with van der Waals surface area (Å²) in [6.07, 6.45) is 2.90. The second-order valence-corrected chi connectivity index (χ2v) is 6.68. The highest BCUT2D eigenvalue weighted by Crippen LogP contribution is 2.18. The Labute approximate surface area is 168 Å².